The van der Waals surface area contributed by atoms with Crippen LogP contribution in [0.3, 0.4) is 0 Å². The highest BCUT2D eigenvalue weighted by Crippen LogP contribution is 2.29. The monoisotopic (exact) mass is 338 g/mol. The Hall–Kier alpha value is -2.67. The molecule has 0 aromatic heterocycles. The van der Waals surface area contributed by atoms with E-state index in [0.29, 0.717) is 5.69 Å². The van der Waals surface area contributed by atoms with Gasteiger partial charge in [-0.3, -0.25) is 14.9 Å². The molecule has 120 valence electrons. The number of nitrogens with zero attached hydrogens (tertiary/aromatic N) is 1. The van der Waals surface area contributed by atoms with E-state index in [0.717, 1.165) is 6.07 Å². The molecule has 0 aliphatic heterocycles. The largest absolute Gasteiger partial charge is 0.479 e. The van der Waals surface area contributed by atoms with Gasteiger partial charge in [-0.25, -0.2) is 4.39 Å². The number of benzene rings is 2. The fraction of sp³-hybridized carbons (Fsp3) is 0.133. The Morgan fingerprint density at radius 1 is 1.30 bits per heavy atom. The maximum Gasteiger partial charge on any atom is 0.271 e. The second kappa shape index (κ2) is 7.06. The minimum atomic E-state index is -0.904. The first-order valence-electron chi connectivity index (χ1n) is 6.54. The molecule has 8 heteroatoms. The fourth-order valence-corrected chi connectivity index (χ4v) is 1.94. The molecule has 0 aliphatic carbocycles. The van der Waals surface area contributed by atoms with E-state index >= 15 is 0 Å². The van der Waals surface area contributed by atoms with Gasteiger partial charge in [-0.1, -0.05) is 11.6 Å². The van der Waals surface area contributed by atoms with Crippen LogP contribution in [-0.2, 0) is 4.79 Å². The van der Waals surface area contributed by atoms with Crippen molar-refractivity contribution in [2.75, 3.05) is 5.32 Å². The molecule has 6 nitrogen and oxygen atoms in total. The fourth-order valence-electron chi connectivity index (χ4n) is 1.72. The number of carbonyl (C=O) groups is 1. The number of carbonyl (C=O) groups excluding carboxylic acids is 1. The topological polar surface area (TPSA) is 81.5 Å². The normalized spacial score (nSPS) is 11.6. The van der Waals surface area contributed by atoms with Gasteiger partial charge in [-0.05, 0) is 37.3 Å². The molecular formula is C15H12ClFN2O4. The summed E-state index contributed by atoms with van der Waals surface area (Å²) < 4.78 is 18.2. The van der Waals surface area contributed by atoms with Crippen molar-refractivity contribution in [1.82, 2.24) is 0 Å². The van der Waals surface area contributed by atoms with Gasteiger partial charge in [0.2, 0.25) is 0 Å². The standard InChI is InChI=1S/C15H12ClFN2O4/c1-9(15(20)18-11-4-2-10(17)3-5-11)23-14-7-6-12(19(21)22)8-13(14)16/h2-9H,1H3,(H,18,20). The first kappa shape index (κ1) is 16.7. The number of nitro groups is 1. The molecule has 0 bridgehead atoms. The van der Waals surface area contributed by atoms with E-state index in [1.165, 1.54) is 43.3 Å². The van der Waals surface area contributed by atoms with Crippen LogP contribution in [-0.4, -0.2) is 16.9 Å². The van der Waals surface area contributed by atoms with E-state index in [1.807, 2.05) is 0 Å². The van der Waals surface area contributed by atoms with Crippen molar-refractivity contribution in [1.29, 1.82) is 0 Å². The maximum atomic E-state index is 12.8. The highest BCUT2D eigenvalue weighted by molar-refractivity contribution is 6.32. The Bertz CT molecular complexity index is 737. The number of nitro benzene ring substituents is 1. The predicted octanol–water partition coefficient (Wildman–Crippen LogP) is 3.79. The van der Waals surface area contributed by atoms with Gasteiger partial charge in [0.05, 0.1) is 9.95 Å². The van der Waals surface area contributed by atoms with Gasteiger partial charge in [0.25, 0.3) is 11.6 Å². The maximum absolute atomic E-state index is 12.8. The Morgan fingerprint density at radius 2 is 1.96 bits per heavy atom. The van der Waals surface area contributed by atoms with Crippen LogP contribution in [0, 0.1) is 15.9 Å². The number of nitrogens with one attached hydrogen (secondary N) is 1. The van der Waals surface area contributed by atoms with Crippen LogP contribution < -0.4 is 10.1 Å². The SMILES string of the molecule is CC(Oc1ccc([N+](=O)[O-])cc1Cl)C(=O)Nc1ccc(F)cc1. The van der Waals surface area contributed by atoms with Crippen LogP contribution >= 0.6 is 11.6 Å². The molecule has 1 N–H and O–H groups in total. The zero-order valence-corrected chi connectivity index (χ0v) is 12.7. The number of halogens is 2. The molecule has 0 heterocycles. The van der Waals surface area contributed by atoms with Crippen LogP contribution in [0.1, 0.15) is 6.92 Å². The Kier molecular flexibility index (Phi) is 5.13. The summed E-state index contributed by atoms with van der Waals surface area (Å²) in [6.45, 7) is 1.50. The van der Waals surface area contributed by atoms with Crippen molar-refractivity contribution < 1.29 is 18.8 Å². The van der Waals surface area contributed by atoms with Gasteiger partial charge >= 0.3 is 0 Å². The lowest BCUT2D eigenvalue weighted by atomic mass is 10.2. The molecular weight excluding hydrogens is 327 g/mol. The lowest BCUT2D eigenvalue weighted by molar-refractivity contribution is -0.384. The molecule has 23 heavy (non-hydrogen) atoms. The molecule has 0 saturated heterocycles. The molecule has 2 aromatic carbocycles. The van der Waals surface area contributed by atoms with Crippen molar-refractivity contribution in [3.8, 4) is 5.75 Å². The van der Waals surface area contributed by atoms with Crippen molar-refractivity contribution in [3.05, 3.63) is 63.4 Å². The molecule has 0 aliphatic rings. The van der Waals surface area contributed by atoms with Crippen LogP contribution in [0.5, 0.6) is 5.75 Å². The highest BCUT2D eigenvalue weighted by atomic mass is 35.5. The third-order valence-corrected chi connectivity index (χ3v) is 3.21. The summed E-state index contributed by atoms with van der Waals surface area (Å²) in [6, 6.07) is 8.95. The van der Waals surface area contributed by atoms with E-state index in [1.54, 1.807) is 0 Å². The number of hydrogen-bond acceptors (Lipinski definition) is 4. The summed E-state index contributed by atoms with van der Waals surface area (Å²) in [5.41, 5.74) is 0.243. The Morgan fingerprint density at radius 3 is 2.52 bits per heavy atom. The number of anilines is 1. The lowest BCUT2D eigenvalue weighted by Crippen LogP contribution is -2.30. The first-order chi connectivity index (χ1) is 10.9. The predicted molar refractivity (Wildman–Crippen MR) is 83.2 cm³/mol. The van der Waals surface area contributed by atoms with E-state index in [2.05, 4.69) is 5.32 Å². The van der Waals surface area contributed by atoms with Crippen molar-refractivity contribution in [2.45, 2.75) is 13.0 Å². The van der Waals surface area contributed by atoms with Gasteiger partial charge in [0.1, 0.15) is 11.6 Å². The summed E-state index contributed by atoms with van der Waals surface area (Å²) in [6.07, 6.45) is -0.904. The third kappa shape index (κ3) is 4.40. The smallest absolute Gasteiger partial charge is 0.271 e. The summed E-state index contributed by atoms with van der Waals surface area (Å²) >= 11 is 5.90. The summed E-state index contributed by atoms with van der Waals surface area (Å²) in [4.78, 5) is 22.1. The molecule has 1 atom stereocenters. The minimum absolute atomic E-state index is 0.0284. The van der Waals surface area contributed by atoms with Crippen molar-refractivity contribution >= 4 is 28.9 Å². The third-order valence-electron chi connectivity index (χ3n) is 2.91. The highest BCUT2D eigenvalue weighted by Gasteiger charge is 2.18. The summed E-state index contributed by atoms with van der Waals surface area (Å²) in [5, 5.41) is 13.2. The lowest BCUT2D eigenvalue weighted by Gasteiger charge is -2.15. The van der Waals surface area contributed by atoms with Gasteiger partial charge in [0.15, 0.2) is 6.10 Å². The number of hydrogen-bond donors (Lipinski definition) is 1. The van der Waals surface area contributed by atoms with E-state index in [4.69, 9.17) is 16.3 Å². The zero-order valence-electron chi connectivity index (χ0n) is 12.0. The van der Waals surface area contributed by atoms with E-state index in [9.17, 15) is 19.3 Å². The minimum Gasteiger partial charge on any atom is -0.479 e. The molecule has 0 fully saturated rings. The molecule has 2 aromatic rings. The molecule has 2 rings (SSSR count). The van der Waals surface area contributed by atoms with Gasteiger partial charge in [-0.2, -0.15) is 0 Å². The summed E-state index contributed by atoms with van der Waals surface area (Å²) in [5.74, 6) is -0.727. The van der Waals surface area contributed by atoms with Crippen LogP contribution in [0.2, 0.25) is 5.02 Å². The Labute approximate surface area is 136 Å². The number of ether oxygens (including phenoxy) is 1. The van der Waals surface area contributed by atoms with E-state index < -0.39 is 22.8 Å². The number of rotatable bonds is 5. The first-order valence-corrected chi connectivity index (χ1v) is 6.91. The number of non-ortho nitro benzene ring substituents is 1. The Balaban J connectivity index is 2.03. The quantitative estimate of drug-likeness (QED) is 0.664. The van der Waals surface area contributed by atoms with Gasteiger partial charge < -0.3 is 10.1 Å². The van der Waals surface area contributed by atoms with Crippen LogP contribution in [0.15, 0.2) is 42.5 Å². The average Bonchev–Trinajstić information content (AvgIpc) is 2.51. The van der Waals surface area contributed by atoms with Crippen LogP contribution in [0.25, 0.3) is 0 Å². The van der Waals surface area contributed by atoms with Gasteiger partial charge in [0, 0.05) is 17.8 Å². The second-order valence-corrected chi connectivity index (χ2v) is 5.04. The van der Waals surface area contributed by atoms with Crippen molar-refractivity contribution in [3.63, 3.8) is 0 Å². The van der Waals surface area contributed by atoms with Crippen LogP contribution in [0.4, 0.5) is 15.8 Å². The average molecular weight is 339 g/mol. The summed E-state index contributed by atoms with van der Waals surface area (Å²) in [7, 11) is 0. The zero-order chi connectivity index (χ0) is 17.0. The number of amides is 1. The molecule has 1 amide bonds. The van der Waals surface area contributed by atoms with E-state index in [-0.39, 0.29) is 16.5 Å². The molecule has 0 radical (unpaired) electrons. The van der Waals surface area contributed by atoms with Gasteiger partial charge in [-0.15, -0.1) is 0 Å². The molecule has 0 spiro atoms. The van der Waals surface area contributed by atoms with Crippen molar-refractivity contribution in [2.24, 2.45) is 0 Å². The second-order valence-electron chi connectivity index (χ2n) is 4.63. The molecule has 1 unspecified atom stereocenters. The molecule has 0 saturated carbocycles.